The molecule has 0 radical (unpaired) electrons. The molecule has 1 fully saturated rings. The Kier molecular flexibility index (Phi) is 5.07. The molecule has 0 saturated carbocycles. The largest absolute Gasteiger partial charge is 0.478 e. The van der Waals surface area contributed by atoms with Crippen molar-refractivity contribution in [3.8, 4) is 5.88 Å². The number of anilines is 1. The van der Waals surface area contributed by atoms with Gasteiger partial charge in [-0.1, -0.05) is 0 Å². The Morgan fingerprint density at radius 2 is 2.26 bits per heavy atom. The number of hydrogen-bond acceptors (Lipinski definition) is 6. The fraction of sp³-hybridized carbons (Fsp3) is 0.562. The number of hydrogen-bond donors (Lipinski definition) is 1. The number of ether oxygens (including phenoxy) is 2. The quantitative estimate of drug-likeness (QED) is 0.882. The van der Waals surface area contributed by atoms with E-state index in [4.69, 9.17) is 9.47 Å². The monoisotopic (exact) mass is 317 g/mol. The van der Waals surface area contributed by atoms with E-state index in [1.807, 2.05) is 25.4 Å². The lowest BCUT2D eigenvalue weighted by atomic mass is 10.0. The zero-order valence-electron chi connectivity index (χ0n) is 13.6. The van der Waals surface area contributed by atoms with Crippen LogP contribution in [0.1, 0.15) is 38.6 Å². The molecule has 23 heavy (non-hydrogen) atoms. The minimum Gasteiger partial charge on any atom is -0.478 e. The highest BCUT2D eigenvalue weighted by molar-refractivity contribution is 5.39. The molecule has 1 aliphatic heterocycles. The molecule has 3 rings (SSSR count). The van der Waals surface area contributed by atoms with E-state index in [0.29, 0.717) is 12.5 Å². The first-order chi connectivity index (χ1) is 11.3. The van der Waals surface area contributed by atoms with E-state index in [-0.39, 0.29) is 12.1 Å². The second-order valence-corrected chi connectivity index (χ2v) is 5.43. The summed E-state index contributed by atoms with van der Waals surface area (Å²) < 4.78 is 13.6. The van der Waals surface area contributed by atoms with Crippen LogP contribution in [-0.2, 0) is 11.3 Å². The molecule has 1 saturated heterocycles. The number of imidazole rings is 1. The third kappa shape index (κ3) is 3.61. The maximum atomic E-state index is 6.01. The first-order valence-electron chi connectivity index (χ1n) is 8.15. The van der Waals surface area contributed by atoms with Crippen molar-refractivity contribution in [3.63, 3.8) is 0 Å². The molecule has 0 aliphatic carbocycles. The van der Waals surface area contributed by atoms with Gasteiger partial charge >= 0.3 is 0 Å². The highest BCUT2D eigenvalue weighted by atomic mass is 16.5. The summed E-state index contributed by atoms with van der Waals surface area (Å²) in [4.78, 5) is 12.9. The maximum Gasteiger partial charge on any atom is 0.218 e. The van der Waals surface area contributed by atoms with Crippen LogP contribution in [0.2, 0.25) is 0 Å². The second kappa shape index (κ2) is 7.41. The molecular weight excluding hydrogens is 294 g/mol. The molecule has 0 bridgehead atoms. The number of aryl methyl sites for hydroxylation is 1. The molecule has 3 heterocycles. The molecule has 0 unspecified atom stereocenters. The van der Waals surface area contributed by atoms with Gasteiger partial charge in [-0.05, 0) is 26.7 Å². The first-order valence-corrected chi connectivity index (χ1v) is 8.15. The summed E-state index contributed by atoms with van der Waals surface area (Å²) in [5, 5.41) is 3.46. The van der Waals surface area contributed by atoms with E-state index < -0.39 is 0 Å². The van der Waals surface area contributed by atoms with Crippen molar-refractivity contribution in [2.75, 3.05) is 18.5 Å². The Morgan fingerprint density at radius 3 is 3.09 bits per heavy atom. The molecule has 124 valence electrons. The third-order valence-electron chi connectivity index (χ3n) is 3.93. The summed E-state index contributed by atoms with van der Waals surface area (Å²) in [6.45, 7) is 6.26. The first kappa shape index (κ1) is 15.7. The van der Waals surface area contributed by atoms with Crippen molar-refractivity contribution < 1.29 is 9.47 Å². The molecule has 7 heteroatoms. The van der Waals surface area contributed by atoms with Crippen molar-refractivity contribution in [3.05, 3.63) is 30.6 Å². The van der Waals surface area contributed by atoms with E-state index in [1.54, 1.807) is 0 Å². The van der Waals surface area contributed by atoms with Crippen LogP contribution >= 0.6 is 0 Å². The number of nitrogens with zero attached hydrogens (tertiary/aromatic N) is 4. The highest BCUT2D eigenvalue weighted by Gasteiger charge is 2.30. The fourth-order valence-electron chi connectivity index (χ4n) is 2.86. The predicted octanol–water partition coefficient (Wildman–Crippen LogP) is 2.42. The van der Waals surface area contributed by atoms with E-state index in [0.717, 1.165) is 37.6 Å². The van der Waals surface area contributed by atoms with Crippen LogP contribution in [-0.4, -0.2) is 38.8 Å². The van der Waals surface area contributed by atoms with Crippen LogP contribution in [0.25, 0.3) is 0 Å². The van der Waals surface area contributed by atoms with Gasteiger partial charge in [0.15, 0.2) is 0 Å². The van der Waals surface area contributed by atoms with Crippen LogP contribution in [0, 0.1) is 0 Å². The lowest BCUT2D eigenvalue weighted by molar-refractivity contribution is -0.00179. The summed E-state index contributed by atoms with van der Waals surface area (Å²) >= 11 is 0. The summed E-state index contributed by atoms with van der Waals surface area (Å²) in [5.41, 5.74) is 0. The maximum absolute atomic E-state index is 6.01. The van der Waals surface area contributed by atoms with Crippen LogP contribution in [0.5, 0.6) is 5.88 Å². The topological polar surface area (TPSA) is 74.1 Å². The van der Waals surface area contributed by atoms with E-state index in [2.05, 4.69) is 31.8 Å². The van der Waals surface area contributed by atoms with Gasteiger partial charge in [-0.25, -0.2) is 15.0 Å². The number of aromatic nitrogens is 4. The van der Waals surface area contributed by atoms with Gasteiger partial charge in [-0.15, -0.1) is 0 Å². The SMILES string of the molecule is CCOc1cc(N[C@H]2CCCO[C@@H]2c2nccn2CC)ncn1. The van der Waals surface area contributed by atoms with Gasteiger partial charge < -0.3 is 19.4 Å². The van der Waals surface area contributed by atoms with Crippen LogP contribution < -0.4 is 10.1 Å². The van der Waals surface area contributed by atoms with Gasteiger partial charge in [0, 0.05) is 31.6 Å². The van der Waals surface area contributed by atoms with Gasteiger partial charge in [0.05, 0.1) is 12.6 Å². The Labute approximate surface area is 136 Å². The number of rotatable bonds is 6. The molecule has 0 aromatic carbocycles. The summed E-state index contributed by atoms with van der Waals surface area (Å²) in [5.74, 6) is 2.29. The smallest absolute Gasteiger partial charge is 0.218 e. The molecule has 2 aromatic rings. The highest BCUT2D eigenvalue weighted by Crippen LogP contribution is 2.30. The van der Waals surface area contributed by atoms with Crippen molar-refractivity contribution >= 4 is 5.82 Å². The van der Waals surface area contributed by atoms with Crippen LogP contribution in [0.3, 0.4) is 0 Å². The molecule has 2 atom stereocenters. The summed E-state index contributed by atoms with van der Waals surface area (Å²) in [6.07, 6.45) is 7.27. The minimum absolute atomic E-state index is 0.0794. The predicted molar refractivity (Wildman–Crippen MR) is 86.4 cm³/mol. The van der Waals surface area contributed by atoms with Gasteiger partial charge in [-0.2, -0.15) is 0 Å². The molecular formula is C16H23N5O2. The fourth-order valence-corrected chi connectivity index (χ4v) is 2.86. The Balaban J connectivity index is 1.78. The zero-order chi connectivity index (χ0) is 16.1. The van der Waals surface area contributed by atoms with Gasteiger partial charge in [0.1, 0.15) is 24.1 Å². The molecule has 0 amide bonds. The molecule has 2 aromatic heterocycles. The molecule has 0 spiro atoms. The lowest BCUT2D eigenvalue weighted by Gasteiger charge is -2.32. The van der Waals surface area contributed by atoms with E-state index in [9.17, 15) is 0 Å². The van der Waals surface area contributed by atoms with Crippen molar-refractivity contribution in [2.24, 2.45) is 0 Å². The number of nitrogens with one attached hydrogen (secondary N) is 1. The van der Waals surface area contributed by atoms with Gasteiger partial charge in [-0.3, -0.25) is 0 Å². The van der Waals surface area contributed by atoms with Crippen LogP contribution in [0.4, 0.5) is 5.82 Å². The Bertz CT molecular complexity index is 630. The standard InChI is InChI=1S/C16H23N5O2/c1-3-21-8-7-17-16(21)15-12(6-5-9-23-15)20-13-10-14(22-4-2)19-11-18-13/h7-8,10-12,15H,3-6,9H2,1-2H3,(H,18,19,20)/t12-,15-/m0/s1. The van der Waals surface area contributed by atoms with Crippen molar-refractivity contribution in [2.45, 2.75) is 45.4 Å². The van der Waals surface area contributed by atoms with Gasteiger partial charge in [0.2, 0.25) is 5.88 Å². The lowest BCUT2D eigenvalue weighted by Crippen LogP contribution is -2.35. The molecule has 1 N–H and O–H groups in total. The Hall–Kier alpha value is -2.15. The molecule has 7 nitrogen and oxygen atoms in total. The summed E-state index contributed by atoms with van der Waals surface area (Å²) in [6, 6.07) is 1.95. The summed E-state index contributed by atoms with van der Waals surface area (Å²) in [7, 11) is 0. The zero-order valence-corrected chi connectivity index (χ0v) is 13.6. The Morgan fingerprint density at radius 1 is 1.35 bits per heavy atom. The van der Waals surface area contributed by atoms with E-state index in [1.165, 1.54) is 6.33 Å². The minimum atomic E-state index is -0.0794. The third-order valence-corrected chi connectivity index (χ3v) is 3.93. The average molecular weight is 317 g/mol. The van der Waals surface area contributed by atoms with E-state index >= 15 is 0 Å². The van der Waals surface area contributed by atoms with Crippen molar-refractivity contribution in [1.82, 2.24) is 19.5 Å². The van der Waals surface area contributed by atoms with Gasteiger partial charge in [0.25, 0.3) is 0 Å². The van der Waals surface area contributed by atoms with Crippen molar-refractivity contribution in [1.29, 1.82) is 0 Å². The normalized spacial score (nSPS) is 21.1. The molecule has 1 aliphatic rings. The second-order valence-electron chi connectivity index (χ2n) is 5.43. The average Bonchev–Trinajstić information content (AvgIpc) is 3.04. The van der Waals surface area contributed by atoms with Crippen LogP contribution in [0.15, 0.2) is 24.8 Å².